The number of carboxylic acids is 1. The quantitative estimate of drug-likeness (QED) is 0.665. The van der Waals surface area contributed by atoms with Gasteiger partial charge in [0.15, 0.2) is 5.13 Å². The maximum atomic E-state index is 10.9. The van der Waals surface area contributed by atoms with Crippen molar-refractivity contribution in [3.63, 3.8) is 0 Å². The fraction of sp³-hybridized carbons (Fsp3) is 0.500. The molecule has 1 aromatic heterocycles. The summed E-state index contributed by atoms with van der Waals surface area (Å²) in [6.07, 6.45) is 0.934. The number of anilines is 1. The van der Waals surface area contributed by atoms with E-state index in [9.17, 15) is 4.79 Å². The van der Waals surface area contributed by atoms with E-state index in [-0.39, 0.29) is 10.8 Å². The molecule has 1 aliphatic rings. The Hall–Kier alpha value is -1.14. The maximum Gasteiger partial charge on any atom is 0.347 e. The molecule has 1 fully saturated rings. The van der Waals surface area contributed by atoms with E-state index in [1.54, 1.807) is 0 Å². The monoisotopic (exact) mass is 213 g/mol. The summed E-state index contributed by atoms with van der Waals surface area (Å²) in [7, 11) is 0. The Morgan fingerprint density at radius 3 is 3.07 bits per heavy atom. The number of hydrogen-bond acceptors (Lipinski definition) is 5. The van der Waals surface area contributed by atoms with E-state index in [2.05, 4.69) is 10.3 Å². The number of nitrogens with zero attached hydrogens (tertiary/aromatic N) is 1. The average molecular weight is 213 g/mol. The highest BCUT2D eigenvalue weighted by atomic mass is 32.1. The highest BCUT2D eigenvalue weighted by molar-refractivity contribution is 7.17. The molecule has 1 aliphatic heterocycles. The van der Waals surface area contributed by atoms with E-state index in [4.69, 9.17) is 10.8 Å². The molecule has 0 aromatic carbocycles. The van der Waals surface area contributed by atoms with Crippen LogP contribution in [0.4, 0.5) is 5.13 Å². The molecule has 5 nitrogen and oxygen atoms in total. The molecular formula is C8H11N3O2S. The number of carboxylic acid groups (broad SMARTS) is 1. The number of thiazole rings is 1. The second kappa shape index (κ2) is 3.55. The van der Waals surface area contributed by atoms with Crippen molar-refractivity contribution in [3.05, 3.63) is 10.6 Å². The first-order valence-electron chi connectivity index (χ1n) is 4.38. The van der Waals surface area contributed by atoms with E-state index < -0.39 is 5.97 Å². The van der Waals surface area contributed by atoms with Crippen molar-refractivity contribution >= 4 is 22.4 Å². The number of aromatic carboxylic acids is 1. The van der Waals surface area contributed by atoms with Gasteiger partial charge in [-0.05, 0) is 13.0 Å². The third-order valence-electron chi connectivity index (χ3n) is 2.31. The lowest BCUT2D eigenvalue weighted by Gasteiger charge is -2.04. The van der Waals surface area contributed by atoms with Crippen LogP contribution in [0, 0.1) is 0 Å². The smallest absolute Gasteiger partial charge is 0.347 e. The third kappa shape index (κ3) is 1.58. The average Bonchev–Trinajstić information content (AvgIpc) is 2.70. The molecule has 1 aromatic rings. The molecule has 0 aliphatic carbocycles. The topological polar surface area (TPSA) is 88.2 Å². The zero-order valence-corrected chi connectivity index (χ0v) is 8.30. The van der Waals surface area contributed by atoms with Crippen molar-refractivity contribution in [3.8, 4) is 0 Å². The zero-order valence-electron chi connectivity index (χ0n) is 7.49. The van der Waals surface area contributed by atoms with Gasteiger partial charge in [-0.3, -0.25) is 0 Å². The first kappa shape index (κ1) is 9.42. The standard InChI is InChI=1S/C8H11N3O2S/c9-8-11-5(4-1-2-10-3-4)6(14-8)7(12)13/h4,10H,1-3H2,(H2,9,11)(H,12,13). The molecule has 1 atom stereocenters. The van der Waals surface area contributed by atoms with Gasteiger partial charge in [-0.2, -0.15) is 0 Å². The van der Waals surface area contributed by atoms with Crippen LogP contribution in [-0.2, 0) is 0 Å². The van der Waals surface area contributed by atoms with Gasteiger partial charge in [0.05, 0.1) is 5.69 Å². The number of aromatic nitrogens is 1. The van der Waals surface area contributed by atoms with Crippen molar-refractivity contribution in [2.24, 2.45) is 0 Å². The van der Waals surface area contributed by atoms with Gasteiger partial charge < -0.3 is 16.2 Å². The van der Waals surface area contributed by atoms with Gasteiger partial charge >= 0.3 is 5.97 Å². The van der Waals surface area contributed by atoms with Crippen molar-refractivity contribution < 1.29 is 9.90 Å². The second-order valence-corrected chi connectivity index (χ2v) is 4.29. The predicted octanol–water partition coefficient (Wildman–Crippen LogP) is 0.500. The van der Waals surface area contributed by atoms with Crippen LogP contribution in [0.15, 0.2) is 0 Å². The van der Waals surface area contributed by atoms with Crippen LogP contribution in [0.25, 0.3) is 0 Å². The summed E-state index contributed by atoms with van der Waals surface area (Å²) in [5.41, 5.74) is 6.15. The van der Waals surface area contributed by atoms with Gasteiger partial charge in [0.1, 0.15) is 4.88 Å². The minimum atomic E-state index is -0.930. The molecule has 0 radical (unpaired) electrons. The Morgan fingerprint density at radius 1 is 1.71 bits per heavy atom. The van der Waals surface area contributed by atoms with E-state index >= 15 is 0 Å². The summed E-state index contributed by atoms with van der Waals surface area (Å²) >= 11 is 1.05. The van der Waals surface area contributed by atoms with Crippen molar-refractivity contribution in [1.82, 2.24) is 10.3 Å². The highest BCUT2D eigenvalue weighted by Crippen LogP contribution is 2.30. The van der Waals surface area contributed by atoms with Gasteiger partial charge in [-0.25, -0.2) is 9.78 Å². The van der Waals surface area contributed by atoms with Gasteiger partial charge in [-0.15, -0.1) is 0 Å². The largest absolute Gasteiger partial charge is 0.477 e. The molecule has 0 spiro atoms. The molecule has 1 saturated heterocycles. The Morgan fingerprint density at radius 2 is 2.50 bits per heavy atom. The van der Waals surface area contributed by atoms with Gasteiger partial charge in [-0.1, -0.05) is 11.3 Å². The molecule has 0 amide bonds. The Labute approximate surface area is 85.0 Å². The second-order valence-electron chi connectivity index (χ2n) is 3.26. The van der Waals surface area contributed by atoms with Crippen molar-refractivity contribution in [1.29, 1.82) is 0 Å². The highest BCUT2D eigenvalue weighted by Gasteiger charge is 2.26. The summed E-state index contributed by atoms with van der Waals surface area (Å²) in [6, 6.07) is 0. The minimum Gasteiger partial charge on any atom is -0.477 e. The number of nitrogens with one attached hydrogen (secondary N) is 1. The maximum absolute atomic E-state index is 10.9. The van der Waals surface area contributed by atoms with Crippen molar-refractivity contribution in [2.45, 2.75) is 12.3 Å². The Balaban J connectivity index is 2.35. The first-order chi connectivity index (χ1) is 6.68. The number of hydrogen-bond donors (Lipinski definition) is 3. The number of nitrogen functional groups attached to an aromatic ring is 1. The molecule has 4 N–H and O–H groups in total. The van der Waals surface area contributed by atoms with Gasteiger partial charge in [0, 0.05) is 12.5 Å². The third-order valence-corrected chi connectivity index (χ3v) is 3.20. The molecule has 0 saturated carbocycles. The number of nitrogens with two attached hydrogens (primary N) is 1. The molecule has 14 heavy (non-hydrogen) atoms. The molecule has 0 bridgehead atoms. The normalized spacial score (nSPS) is 21.3. The van der Waals surface area contributed by atoms with Crippen molar-refractivity contribution in [2.75, 3.05) is 18.8 Å². The Kier molecular flexibility index (Phi) is 2.39. The van der Waals surface area contributed by atoms with Gasteiger partial charge in [0.2, 0.25) is 0 Å². The number of rotatable bonds is 2. The van der Waals surface area contributed by atoms with E-state index in [0.717, 1.165) is 30.8 Å². The van der Waals surface area contributed by atoms with Crippen LogP contribution in [0.5, 0.6) is 0 Å². The summed E-state index contributed by atoms with van der Waals surface area (Å²) < 4.78 is 0. The summed E-state index contributed by atoms with van der Waals surface area (Å²) in [5, 5.41) is 12.4. The fourth-order valence-electron chi connectivity index (χ4n) is 1.67. The van der Waals surface area contributed by atoms with Crippen LogP contribution in [-0.4, -0.2) is 29.1 Å². The molecule has 1 unspecified atom stereocenters. The summed E-state index contributed by atoms with van der Waals surface area (Å²) in [6.45, 7) is 1.71. The van der Waals surface area contributed by atoms with Crippen LogP contribution < -0.4 is 11.1 Å². The van der Waals surface area contributed by atoms with Crippen LogP contribution in [0.1, 0.15) is 27.7 Å². The summed E-state index contributed by atoms with van der Waals surface area (Å²) in [4.78, 5) is 15.3. The van der Waals surface area contributed by atoms with E-state index in [1.165, 1.54) is 0 Å². The lowest BCUT2D eigenvalue weighted by Crippen LogP contribution is -2.10. The summed E-state index contributed by atoms with van der Waals surface area (Å²) in [5.74, 6) is -0.726. The number of carbonyl (C=O) groups is 1. The molecular weight excluding hydrogens is 202 g/mol. The SMILES string of the molecule is Nc1nc(C2CCNC2)c(C(=O)O)s1. The predicted molar refractivity (Wildman–Crippen MR) is 53.7 cm³/mol. The van der Waals surface area contributed by atoms with Crippen LogP contribution in [0.2, 0.25) is 0 Å². The van der Waals surface area contributed by atoms with E-state index in [1.807, 2.05) is 0 Å². The van der Waals surface area contributed by atoms with Gasteiger partial charge in [0.25, 0.3) is 0 Å². The lowest BCUT2D eigenvalue weighted by atomic mass is 10.0. The Bertz CT molecular complexity index is 357. The minimum absolute atomic E-state index is 0.203. The van der Waals surface area contributed by atoms with Crippen LogP contribution >= 0.6 is 11.3 Å². The van der Waals surface area contributed by atoms with Crippen LogP contribution in [0.3, 0.4) is 0 Å². The molecule has 76 valence electrons. The fourth-order valence-corrected chi connectivity index (χ4v) is 2.42. The zero-order chi connectivity index (χ0) is 10.1. The van der Waals surface area contributed by atoms with E-state index in [0.29, 0.717) is 10.8 Å². The molecule has 6 heteroatoms. The first-order valence-corrected chi connectivity index (χ1v) is 5.20. The molecule has 2 rings (SSSR count). The lowest BCUT2D eigenvalue weighted by molar-refractivity contribution is 0.0700. The molecule has 2 heterocycles.